The molecule has 2 rings (SSSR count). The van der Waals surface area contributed by atoms with Gasteiger partial charge in [0, 0.05) is 12.6 Å². The summed E-state index contributed by atoms with van der Waals surface area (Å²) in [6.07, 6.45) is 0. The van der Waals surface area contributed by atoms with E-state index < -0.39 is 11.7 Å². The molecule has 0 aliphatic rings. The first-order valence-electron chi connectivity index (χ1n) is 5.42. The van der Waals surface area contributed by atoms with Crippen LogP contribution in [0.15, 0.2) is 18.2 Å². The first kappa shape index (κ1) is 12.2. The van der Waals surface area contributed by atoms with Crippen molar-refractivity contribution in [1.29, 1.82) is 0 Å². The maximum Gasteiger partial charge on any atom is 0.258 e. The van der Waals surface area contributed by atoms with Crippen LogP contribution in [0.2, 0.25) is 0 Å². The molecule has 5 nitrogen and oxygen atoms in total. The van der Waals surface area contributed by atoms with Gasteiger partial charge in [0.15, 0.2) is 0 Å². The lowest BCUT2D eigenvalue weighted by molar-refractivity contribution is 0.102. The highest BCUT2D eigenvalue weighted by atomic mass is 19.1. The Hall–Kier alpha value is -2.24. The minimum atomic E-state index is -0.445. The number of benzene rings is 1. The first-order valence-corrected chi connectivity index (χ1v) is 5.42. The van der Waals surface area contributed by atoms with Crippen LogP contribution < -0.4 is 5.32 Å². The Labute approximate surface area is 104 Å². The van der Waals surface area contributed by atoms with E-state index in [2.05, 4.69) is 15.5 Å². The number of nitrogens with zero attached hydrogens (tertiary/aromatic N) is 3. The molecule has 1 amide bonds. The molecule has 0 aliphatic heterocycles. The molecule has 0 radical (unpaired) electrons. The number of amides is 1. The van der Waals surface area contributed by atoms with E-state index in [0.717, 1.165) is 0 Å². The third kappa shape index (κ3) is 2.22. The normalized spacial score (nSPS) is 10.4. The monoisotopic (exact) mass is 248 g/mol. The van der Waals surface area contributed by atoms with Crippen LogP contribution in [-0.2, 0) is 7.05 Å². The average molecular weight is 248 g/mol. The number of aromatic nitrogens is 3. The zero-order valence-corrected chi connectivity index (χ0v) is 10.4. The van der Waals surface area contributed by atoms with Gasteiger partial charge in [0.2, 0.25) is 5.95 Å². The molecule has 0 saturated carbocycles. The smallest absolute Gasteiger partial charge is 0.258 e. The van der Waals surface area contributed by atoms with Gasteiger partial charge in [0.05, 0.1) is 0 Å². The van der Waals surface area contributed by atoms with E-state index in [-0.39, 0.29) is 5.56 Å². The molecule has 0 fully saturated rings. The Bertz CT molecular complexity index is 606. The van der Waals surface area contributed by atoms with E-state index in [1.54, 1.807) is 31.5 Å². The molecular formula is C12H13FN4O. The predicted octanol–water partition coefficient (Wildman–Crippen LogP) is 1.82. The molecule has 1 aromatic carbocycles. The second-order valence-electron chi connectivity index (χ2n) is 4.04. The molecule has 6 heteroatoms. The fraction of sp³-hybridized carbons (Fsp3) is 0.250. The van der Waals surface area contributed by atoms with E-state index >= 15 is 0 Å². The SMILES string of the molecule is Cc1ccc(F)cc1C(=O)Nc1nnc(C)n1C. The summed E-state index contributed by atoms with van der Waals surface area (Å²) in [7, 11) is 1.74. The molecule has 0 aliphatic carbocycles. The molecule has 0 unspecified atom stereocenters. The van der Waals surface area contributed by atoms with E-state index in [1.807, 2.05) is 0 Å². The number of carbonyl (C=O) groups is 1. The summed E-state index contributed by atoms with van der Waals surface area (Å²) < 4.78 is 14.8. The predicted molar refractivity (Wildman–Crippen MR) is 64.8 cm³/mol. The molecule has 0 bridgehead atoms. The number of hydrogen-bond acceptors (Lipinski definition) is 3. The van der Waals surface area contributed by atoms with Gasteiger partial charge < -0.3 is 4.57 Å². The number of hydrogen-bond donors (Lipinski definition) is 1. The van der Waals surface area contributed by atoms with Crippen molar-refractivity contribution in [3.63, 3.8) is 0 Å². The quantitative estimate of drug-likeness (QED) is 0.881. The van der Waals surface area contributed by atoms with E-state index in [9.17, 15) is 9.18 Å². The van der Waals surface area contributed by atoms with Gasteiger partial charge in [0.25, 0.3) is 5.91 Å². The Morgan fingerprint density at radius 2 is 2.06 bits per heavy atom. The lowest BCUT2D eigenvalue weighted by Gasteiger charge is -2.07. The number of carbonyl (C=O) groups excluding carboxylic acids is 1. The summed E-state index contributed by atoms with van der Waals surface area (Å²) in [5.41, 5.74) is 0.989. The average Bonchev–Trinajstić information content (AvgIpc) is 2.64. The molecule has 1 N–H and O–H groups in total. The third-order valence-corrected chi connectivity index (χ3v) is 2.76. The molecule has 0 saturated heterocycles. The third-order valence-electron chi connectivity index (χ3n) is 2.76. The summed E-state index contributed by atoms with van der Waals surface area (Å²) in [5, 5.41) is 10.2. The van der Waals surface area contributed by atoms with Crippen molar-refractivity contribution in [2.24, 2.45) is 7.05 Å². The molecule has 18 heavy (non-hydrogen) atoms. The molecule has 0 atom stereocenters. The fourth-order valence-corrected chi connectivity index (χ4v) is 1.52. The van der Waals surface area contributed by atoms with Crippen molar-refractivity contribution in [2.45, 2.75) is 13.8 Å². The standard InChI is InChI=1S/C12H13FN4O/c1-7-4-5-9(13)6-10(7)11(18)14-12-16-15-8(2)17(12)3/h4-6H,1-3H3,(H,14,16,18). The van der Waals surface area contributed by atoms with Crippen LogP contribution in [-0.4, -0.2) is 20.7 Å². The molecule has 0 spiro atoms. The summed E-state index contributed by atoms with van der Waals surface area (Å²) in [4.78, 5) is 12.0. The minimum Gasteiger partial charge on any atom is -0.300 e. The Kier molecular flexibility index (Phi) is 3.10. The number of nitrogens with one attached hydrogen (secondary N) is 1. The Morgan fingerprint density at radius 1 is 1.33 bits per heavy atom. The zero-order chi connectivity index (χ0) is 13.3. The van der Waals surface area contributed by atoms with Gasteiger partial charge in [-0.05, 0) is 31.5 Å². The van der Waals surface area contributed by atoms with Crippen LogP contribution >= 0.6 is 0 Å². The van der Waals surface area contributed by atoms with Crippen LogP contribution in [0.5, 0.6) is 0 Å². The number of aryl methyl sites for hydroxylation is 2. The number of rotatable bonds is 2. The van der Waals surface area contributed by atoms with Crippen LogP contribution in [0.4, 0.5) is 10.3 Å². The summed E-state index contributed by atoms with van der Waals surface area (Å²) in [5.74, 6) is 0.171. The van der Waals surface area contributed by atoms with Gasteiger partial charge >= 0.3 is 0 Å². The Balaban J connectivity index is 2.27. The van der Waals surface area contributed by atoms with Crippen LogP contribution in [0, 0.1) is 19.7 Å². The Morgan fingerprint density at radius 3 is 2.67 bits per heavy atom. The summed E-state index contributed by atoms with van der Waals surface area (Å²) in [6, 6.07) is 4.08. The first-order chi connectivity index (χ1) is 8.49. The highest BCUT2D eigenvalue weighted by Crippen LogP contribution is 2.12. The second kappa shape index (κ2) is 4.56. The van der Waals surface area contributed by atoms with Crippen molar-refractivity contribution < 1.29 is 9.18 Å². The van der Waals surface area contributed by atoms with Gasteiger partial charge in [-0.1, -0.05) is 6.07 Å². The van der Waals surface area contributed by atoms with Gasteiger partial charge in [0.1, 0.15) is 11.6 Å². The van der Waals surface area contributed by atoms with Gasteiger partial charge in [-0.2, -0.15) is 0 Å². The van der Waals surface area contributed by atoms with E-state index in [1.165, 1.54) is 12.1 Å². The highest BCUT2D eigenvalue weighted by molar-refractivity contribution is 6.04. The maximum atomic E-state index is 13.1. The van der Waals surface area contributed by atoms with E-state index in [0.29, 0.717) is 17.3 Å². The largest absolute Gasteiger partial charge is 0.300 e. The van der Waals surface area contributed by atoms with Gasteiger partial charge in [-0.3, -0.25) is 10.1 Å². The van der Waals surface area contributed by atoms with Crippen molar-refractivity contribution >= 4 is 11.9 Å². The molecule has 1 heterocycles. The zero-order valence-electron chi connectivity index (χ0n) is 10.4. The summed E-state index contributed by atoms with van der Waals surface area (Å²) >= 11 is 0. The van der Waals surface area contributed by atoms with Crippen LogP contribution in [0.1, 0.15) is 21.7 Å². The van der Waals surface area contributed by atoms with Crippen LogP contribution in [0.25, 0.3) is 0 Å². The van der Waals surface area contributed by atoms with Crippen molar-refractivity contribution in [3.05, 3.63) is 41.0 Å². The number of anilines is 1. The van der Waals surface area contributed by atoms with E-state index in [4.69, 9.17) is 0 Å². The minimum absolute atomic E-state index is 0.288. The van der Waals surface area contributed by atoms with Crippen molar-refractivity contribution in [3.8, 4) is 0 Å². The summed E-state index contributed by atoms with van der Waals surface area (Å²) in [6.45, 7) is 3.52. The molecular weight excluding hydrogens is 235 g/mol. The highest BCUT2D eigenvalue weighted by Gasteiger charge is 2.13. The van der Waals surface area contributed by atoms with Crippen molar-refractivity contribution in [2.75, 3.05) is 5.32 Å². The fourth-order valence-electron chi connectivity index (χ4n) is 1.52. The molecule has 1 aromatic heterocycles. The lowest BCUT2D eigenvalue weighted by Crippen LogP contribution is -2.16. The van der Waals surface area contributed by atoms with Gasteiger partial charge in [-0.25, -0.2) is 4.39 Å². The maximum absolute atomic E-state index is 13.1. The molecule has 94 valence electrons. The van der Waals surface area contributed by atoms with Gasteiger partial charge in [-0.15, -0.1) is 10.2 Å². The second-order valence-corrected chi connectivity index (χ2v) is 4.04. The number of halogens is 1. The van der Waals surface area contributed by atoms with Crippen LogP contribution in [0.3, 0.4) is 0 Å². The topological polar surface area (TPSA) is 59.8 Å². The lowest BCUT2D eigenvalue weighted by atomic mass is 10.1. The van der Waals surface area contributed by atoms with Crippen molar-refractivity contribution in [1.82, 2.24) is 14.8 Å². The molecule has 2 aromatic rings.